The van der Waals surface area contributed by atoms with Gasteiger partial charge in [-0.25, -0.2) is 4.98 Å². The fraction of sp³-hybridized carbons (Fsp3) is 0.389. The van der Waals surface area contributed by atoms with Gasteiger partial charge in [0.25, 0.3) is 0 Å². The van der Waals surface area contributed by atoms with E-state index < -0.39 is 5.95 Å². The topological polar surface area (TPSA) is 93.1 Å². The summed E-state index contributed by atoms with van der Waals surface area (Å²) in [4.78, 5) is 30.3. The maximum absolute atomic E-state index is 14.1. The number of anilines is 1. The second kappa shape index (κ2) is 7.72. The van der Waals surface area contributed by atoms with Crippen LogP contribution in [0, 0.1) is 5.95 Å². The lowest BCUT2D eigenvalue weighted by atomic mass is 10.2. The van der Waals surface area contributed by atoms with E-state index in [1.807, 2.05) is 6.07 Å². The number of nitrogens with zero attached hydrogens (tertiary/aromatic N) is 5. The Balaban J connectivity index is 1.41. The van der Waals surface area contributed by atoms with Crippen LogP contribution < -0.4 is 10.1 Å². The first-order valence-electron chi connectivity index (χ1n) is 8.89. The van der Waals surface area contributed by atoms with Crippen molar-refractivity contribution in [2.45, 2.75) is 39.0 Å². The van der Waals surface area contributed by atoms with Crippen molar-refractivity contribution in [2.24, 2.45) is 0 Å². The smallest absolute Gasteiger partial charge is 0.230 e. The van der Waals surface area contributed by atoms with Gasteiger partial charge in [0, 0.05) is 50.9 Å². The lowest BCUT2D eigenvalue weighted by molar-refractivity contribution is -0.114. The van der Waals surface area contributed by atoms with E-state index in [1.165, 1.54) is 6.92 Å². The van der Waals surface area contributed by atoms with Crippen LogP contribution in [0.15, 0.2) is 24.5 Å². The summed E-state index contributed by atoms with van der Waals surface area (Å²) in [6.07, 6.45) is 3.97. The van der Waals surface area contributed by atoms with Gasteiger partial charge in [-0.1, -0.05) is 11.3 Å². The van der Waals surface area contributed by atoms with Gasteiger partial charge in [-0.15, -0.1) is 0 Å². The van der Waals surface area contributed by atoms with Gasteiger partial charge < -0.3 is 10.1 Å². The Morgan fingerprint density at radius 2 is 2.18 bits per heavy atom. The molecular formula is C18H19FN6O2S. The molecule has 4 rings (SSSR count). The summed E-state index contributed by atoms with van der Waals surface area (Å²) in [5.74, 6) is -0.306. The summed E-state index contributed by atoms with van der Waals surface area (Å²) in [6.45, 7) is 4.51. The van der Waals surface area contributed by atoms with Crippen molar-refractivity contribution in [3.8, 4) is 5.88 Å². The predicted molar refractivity (Wildman–Crippen MR) is 103 cm³/mol. The molecule has 3 aromatic heterocycles. The molecule has 0 bridgehead atoms. The molecule has 1 aliphatic heterocycles. The van der Waals surface area contributed by atoms with Gasteiger partial charge in [0.1, 0.15) is 11.6 Å². The van der Waals surface area contributed by atoms with Gasteiger partial charge in [0.15, 0.2) is 10.8 Å². The number of ether oxygens (including phenoxy) is 1. The van der Waals surface area contributed by atoms with Gasteiger partial charge in [-0.05, 0) is 13.0 Å². The summed E-state index contributed by atoms with van der Waals surface area (Å²) < 4.78 is 20.1. The van der Waals surface area contributed by atoms with Crippen molar-refractivity contribution >= 4 is 33.5 Å². The van der Waals surface area contributed by atoms with E-state index >= 15 is 0 Å². The number of carbonyl (C=O) groups is 1. The Hall–Kier alpha value is -2.72. The molecule has 8 nitrogen and oxygen atoms in total. The van der Waals surface area contributed by atoms with Gasteiger partial charge >= 0.3 is 0 Å². The quantitative estimate of drug-likeness (QED) is 0.701. The molecule has 10 heteroatoms. The molecule has 0 spiro atoms. The largest absolute Gasteiger partial charge is 0.473 e. The van der Waals surface area contributed by atoms with Gasteiger partial charge in [0.2, 0.25) is 17.7 Å². The molecular weight excluding hydrogens is 383 g/mol. The summed E-state index contributed by atoms with van der Waals surface area (Å²) in [7, 11) is 0. The number of fused-ring (bicyclic) bond motifs is 1. The van der Waals surface area contributed by atoms with E-state index in [4.69, 9.17) is 4.74 Å². The highest BCUT2D eigenvalue weighted by atomic mass is 32.1. The molecule has 146 valence electrons. The molecule has 0 aromatic carbocycles. The highest BCUT2D eigenvalue weighted by Crippen LogP contribution is 2.28. The third-order valence-corrected chi connectivity index (χ3v) is 5.47. The average Bonchev–Trinajstić information content (AvgIpc) is 3.16. The number of pyridine rings is 1. The lowest BCUT2D eigenvalue weighted by Gasteiger charge is -2.19. The number of hydrogen-bond donors (Lipinski definition) is 1. The van der Waals surface area contributed by atoms with Crippen molar-refractivity contribution in [3.63, 3.8) is 0 Å². The monoisotopic (exact) mass is 402 g/mol. The molecule has 0 aliphatic carbocycles. The van der Waals surface area contributed by atoms with E-state index in [0.717, 1.165) is 17.8 Å². The number of thiazole rings is 1. The zero-order valence-corrected chi connectivity index (χ0v) is 16.2. The van der Waals surface area contributed by atoms with Crippen LogP contribution in [-0.2, 0) is 11.3 Å². The minimum atomic E-state index is -0.542. The minimum Gasteiger partial charge on any atom is -0.473 e. The second-order valence-corrected chi connectivity index (χ2v) is 7.80. The van der Waals surface area contributed by atoms with Crippen LogP contribution in [-0.4, -0.2) is 49.4 Å². The molecule has 0 saturated carbocycles. The second-order valence-electron chi connectivity index (χ2n) is 6.72. The summed E-state index contributed by atoms with van der Waals surface area (Å²) in [5.41, 5.74) is 1.26. The zero-order chi connectivity index (χ0) is 19.7. The van der Waals surface area contributed by atoms with Crippen LogP contribution in [0.4, 0.5) is 9.52 Å². The molecule has 1 N–H and O–H groups in total. The Kier molecular flexibility index (Phi) is 5.14. The van der Waals surface area contributed by atoms with E-state index in [2.05, 4.69) is 37.1 Å². The fourth-order valence-electron chi connectivity index (χ4n) is 3.24. The maximum atomic E-state index is 14.1. The lowest BCUT2D eigenvalue weighted by Crippen LogP contribution is -2.28. The first-order valence-corrected chi connectivity index (χ1v) is 9.71. The number of carbonyl (C=O) groups excluding carboxylic acids is 1. The molecule has 2 atom stereocenters. The number of likely N-dealkylation sites (tertiary alicyclic amines) is 1. The zero-order valence-electron chi connectivity index (χ0n) is 15.4. The van der Waals surface area contributed by atoms with Crippen LogP contribution in [0.3, 0.4) is 0 Å². The SMILES string of the molecule is CC(=O)Nc1nc(F)c(CN2C[C@H](Oc3ccc4nccnc4n3)C[C@@H]2C)s1. The summed E-state index contributed by atoms with van der Waals surface area (Å²) in [6, 6.07) is 3.83. The maximum Gasteiger partial charge on any atom is 0.230 e. The molecule has 1 aliphatic rings. The van der Waals surface area contributed by atoms with Crippen molar-refractivity contribution < 1.29 is 13.9 Å². The average molecular weight is 402 g/mol. The Bertz CT molecular complexity index is 1010. The third kappa shape index (κ3) is 4.07. The first-order chi connectivity index (χ1) is 13.5. The Morgan fingerprint density at radius 3 is 3.00 bits per heavy atom. The van der Waals surface area contributed by atoms with Crippen LogP contribution in [0.2, 0.25) is 0 Å². The van der Waals surface area contributed by atoms with Gasteiger partial charge in [0.05, 0.1) is 4.88 Å². The van der Waals surface area contributed by atoms with Crippen LogP contribution >= 0.6 is 11.3 Å². The number of halogens is 1. The molecule has 0 unspecified atom stereocenters. The first kappa shape index (κ1) is 18.6. The van der Waals surface area contributed by atoms with Crippen molar-refractivity contribution in [1.29, 1.82) is 0 Å². The Morgan fingerprint density at radius 1 is 1.36 bits per heavy atom. The Labute approximate surface area is 164 Å². The van der Waals surface area contributed by atoms with Crippen molar-refractivity contribution in [1.82, 2.24) is 24.8 Å². The van der Waals surface area contributed by atoms with Gasteiger partial charge in [-0.2, -0.15) is 14.4 Å². The molecule has 28 heavy (non-hydrogen) atoms. The van der Waals surface area contributed by atoms with E-state index in [9.17, 15) is 9.18 Å². The number of rotatable bonds is 5. The normalized spacial score (nSPS) is 19.8. The summed E-state index contributed by atoms with van der Waals surface area (Å²) >= 11 is 1.16. The number of aromatic nitrogens is 4. The van der Waals surface area contributed by atoms with Crippen molar-refractivity contribution in [2.75, 3.05) is 11.9 Å². The highest BCUT2D eigenvalue weighted by Gasteiger charge is 2.32. The standard InChI is InChI=1S/C18H19FN6O2S/c1-10-7-12(27-15-4-3-13-17(23-15)21-6-5-20-13)8-25(10)9-14-16(19)24-18(28-14)22-11(2)26/h3-6,10,12H,7-9H2,1-2H3,(H,22,24,26)/t10-,12+/m0/s1. The number of nitrogens with one attached hydrogen (secondary N) is 1. The predicted octanol–water partition coefficient (Wildman–Crippen LogP) is 2.62. The minimum absolute atomic E-state index is 0.0533. The van der Waals surface area contributed by atoms with Crippen molar-refractivity contribution in [3.05, 3.63) is 35.4 Å². The van der Waals surface area contributed by atoms with Crippen LogP contribution in [0.1, 0.15) is 25.1 Å². The third-order valence-electron chi connectivity index (χ3n) is 4.54. The summed E-state index contributed by atoms with van der Waals surface area (Å²) in [5, 5.41) is 2.80. The van der Waals surface area contributed by atoms with Crippen LogP contribution in [0.5, 0.6) is 5.88 Å². The molecule has 3 aromatic rings. The number of hydrogen-bond acceptors (Lipinski definition) is 8. The molecule has 0 radical (unpaired) electrons. The molecule has 1 amide bonds. The fourth-order valence-corrected chi connectivity index (χ4v) is 4.16. The van der Waals surface area contributed by atoms with E-state index in [0.29, 0.717) is 35.0 Å². The van der Waals surface area contributed by atoms with Crippen LogP contribution in [0.25, 0.3) is 11.2 Å². The van der Waals surface area contributed by atoms with E-state index in [1.54, 1.807) is 18.5 Å². The molecule has 1 saturated heterocycles. The molecule has 1 fully saturated rings. The highest BCUT2D eigenvalue weighted by molar-refractivity contribution is 7.15. The molecule has 4 heterocycles. The van der Waals surface area contributed by atoms with Gasteiger partial charge in [-0.3, -0.25) is 14.7 Å². The van der Waals surface area contributed by atoms with E-state index in [-0.39, 0.29) is 23.2 Å². The number of amides is 1.